The van der Waals surface area contributed by atoms with Crippen molar-refractivity contribution in [3.63, 3.8) is 0 Å². The van der Waals surface area contributed by atoms with Gasteiger partial charge in [-0.3, -0.25) is 9.78 Å². The third-order valence-electron chi connectivity index (χ3n) is 2.24. The Morgan fingerprint density at radius 1 is 1.44 bits per heavy atom. The molecule has 2 aromatic heterocycles. The van der Waals surface area contributed by atoms with Gasteiger partial charge >= 0.3 is 5.97 Å². The van der Waals surface area contributed by atoms with Crippen molar-refractivity contribution < 1.29 is 14.7 Å². The first kappa shape index (κ1) is 12.2. The molecular weight excluding hydrogens is 256 g/mol. The lowest BCUT2D eigenvalue weighted by Crippen LogP contribution is -2.42. The number of thiazole rings is 1. The van der Waals surface area contributed by atoms with E-state index in [0.29, 0.717) is 10.6 Å². The number of hydrogen-bond donors (Lipinski definition) is 3. The van der Waals surface area contributed by atoms with Crippen LogP contribution >= 0.6 is 11.3 Å². The third kappa shape index (κ3) is 2.92. The third-order valence-corrected chi connectivity index (χ3v) is 3.01. The van der Waals surface area contributed by atoms with E-state index in [9.17, 15) is 9.59 Å². The molecule has 0 radical (unpaired) electrons. The van der Waals surface area contributed by atoms with E-state index in [1.54, 1.807) is 0 Å². The van der Waals surface area contributed by atoms with Crippen LogP contribution in [0.25, 0.3) is 0 Å². The summed E-state index contributed by atoms with van der Waals surface area (Å²) >= 11 is 1.16. The zero-order valence-electron chi connectivity index (χ0n) is 9.16. The Balaban J connectivity index is 2.03. The molecule has 0 aliphatic rings. The number of H-pyrrole nitrogens is 1. The lowest BCUT2D eigenvalue weighted by atomic mass is 10.1. The zero-order valence-corrected chi connectivity index (χ0v) is 9.98. The lowest BCUT2D eigenvalue weighted by molar-refractivity contribution is -0.139. The summed E-state index contributed by atoms with van der Waals surface area (Å²) in [4.78, 5) is 33.5. The van der Waals surface area contributed by atoms with Crippen LogP contribution in [-0.4, -0.2) is 38.0 Å². The highest BCUT2D eigenvalue weighted by atomic mass is 32.1. The number of hydrogen-bond acceptors (Lipinski definition) is 5. The van der Waals surface area contributed by atoms with Crippen molar-refractivity contribution in [1.82, 2.24) is 20.3 Å². The number of carboxylic acids is 1. The molecule has 0 unspecified atom stereocenters. The monoisotopic (exact) mass is 266 g/mol. The predicted molar refractivity (Wildman–Crippen MR) is 63.3 cm³/mol. The molecule has 0 saturated heterocycles. The highest BCUT2D eigenvalue weighted by molar-refractivity contribution is 7.11. The second-order valence-corrected chi connectivity index (χ2v) is 4.40. The van der Waals surface area contributed by atoms with Gasteiger partial charge in [0.2, 0.25) is 0 Å². The van der Waals surface area contributed by atoms with Crippen LogP contribution in [0.3, 0.4) is 0 Å². The highest BCUT2D eigenvalue weighted by Crippen LogP contribution is 2.06. The molecule has 0 bridgehead atoms. The number of aliphatic carboxylic acids is 1. The van der Waals surface area contributed by atoms with Crippen molar-refractivity contribution in [3.05, 3.63) is 34.8 Å². The predicted octanol–water partition coefficient (Wildman–Crippen LogP) is 0.292. The van der Waals surface area contributed by atoms with Gasteiger partial charge in [-0.05, 0) is 0 Å². The standard InChI is InChI=1S/C10H10N4O3S/c15-9(8-3-12-5-18-8)14-7(10(16)17)1-6-2-11-4-13-6/h2-5,7H,1H2,(H,11,13)(H,14,15)(H,16,17)/t7-/m0/s1. The quantitative estimate of drug-likeness (QED) is 0.721. The Labute approximate surface area is 106 Å². The molecule has 7 nitrogen and oxygen atoms in total. The number of imidazole rings is 1. The number of nitrogens with zero attached hydrogens (tertiary/aromatic N) is 2. The smallest absolute Gasteiger partial charge is 0.326 e. The molecule has 1 atom stereocenters. The highest BCUT2D eigenvalue weighted by Gasteiger charge is 2.22. The molecule has 2 aromatic rings. The van der Waals surface area contributed by atoms with Crippen LogP contribution in [0, 0.1) is 0 Å². The SMILES string of the molecule is O=C(N[C@@H](Cc1cnc[nH]1)C(=O)O)c1cncs1. The van der Waals surface area contributed by atoms with E-state index < -0.39 is 17.9 Å². The van der Waals surface area contributed by atoms with Gasteiger partial charge in [0.1, 0.15) is 10.9 Å². The molecular formula is C10H10N4O3S. The Bertz CT molecular complexity index is 523. The maximum Gasteiger partial charge on any atom is 0.326 e. The van der Waals surface area contributed by atoms with Crippen LogP contribution in [0.5, 0.6) is 0 Å². The lowest BCUT2D eigenvalue weighted by Gasteiger charge is -2.12. The van der Waals surface area contributed by atoms with E-state index in [2.05, 4.69) is 20.3 Å². The summed E-state index contributed by atoms with van der Waals surface area (Å²) in [6, 6.07) is -1.000. The van der Waals surface area contributed by atoms with Gasteiger partial charge in [-0.15, -0.1) is 11.3 Å². The van der Waals surface area contributed by atoms with E-state index >= 15 is 0 Å². The first-order valence-electron chi connectivity index (χ1n) is 5.06. The fourth-order valence-corrected chi connectivity index (χ4v) is 1.90. The number of nitrogens with one attached hydrogen (secondary N) is 2. The fourth-order valence-electron chi connectivity index (χ4n) is 1.37. The molecule has 0 aliphatic carbocycles. The first-order chi connectivity index (χ1) is 8.66. The summed E-state index contributed by atoms with van der Waals surface area (Å²) in [6.45, 7) is 0. The molecule has 0 aliphatic heterocycles. The summed E-state index contributed by atoms with van der Waals surface area (Å²) in [5.74, 6) is -1.54. The van der Waals surface area contributed by atoms with Gasteiger partial charge in [0.15, 0.2) is 0 Å². The molecule has 0 fully saturated rings. The van der Waals surface area contributed by atoms with Crippen molar-refractivity contribution in [2.45, 2.75) is 12.5 Å². The van der Waals surface area contributed by atoms with Crippen LogP contribution in [0.15, 0.2) is 24.2 Å². The van der Waals surface area contributed by atoms with Gasteiger partial charge in [-0.1, -0.05) is 0 Å². The van der Waals surface area contributed by atoms with Crippen LogP contribution < -0.4 is 5.32 Å². The topological polar surface area (TPSA) is 108 Å². The molecule has 2 rings (SSSR count). The van der Waals surface area contributed by atoms with Crippen LogP contribution in [0.2, 0.25) is 0 Å². The fraction of sp³-hybridized carbons (Fsp3) is 0.200. The summed E-state index contributed by atoms with van der Waals surface area (Å²) in [5.41, 5.74) is 2.16. The van der Waals surface area contributed by atoms with Crippen LogP contribution in [0.4, 0.5) is 0 Å². The molecule has 0 aromatic carbocycles. The van der Waals surface area contributed by atoms with Crippen molar-refractivity contribution in [2.24, 2.45) is 0 Å². The first-order valence-corrected chi connectivity index (χ1v) is 5.94. The van der Waals surface area contributed by atoms with E-state index in [1.165, 1.54) is 24.2 Å². The average molecular weight is 266 g/mol. The number of aromatic nitrogens is 3. The molecule has 18 heavy (non-hydrogen) atoms. The van der Waals surface area contributed by atoms with E-state index in [0.717, 1.165) is 11.3 Å². The molecule has 0 saturated carbocycles. The molecule has 0 spiro atoms. The maximum absolute atomic E-state index is 11.7. The number of carbonyl (C=O) groups excluding carboxylic acids is 1. The van der Waals surface area contributed by atoms with Gasteiger partial charge in [-0.25, -0.2) is 9.78 Å². The minimum Gasteiger partial charge on any atom is -0.480 e. The van der Waals surface area contributed by atoms with Gasteiger partial charge in [0, 0.05) is 18.3 Å². The largest absolute Gasteiger partial charge is 0.480 e. The summed E-state index contributed by atoms with van der Waals surface area (Å²) < 4.78 is 0. The maximum atomic E-state index is 11.7. The summed E-state index contributed by atoms with van der Waals surface area (Å²) in [6.07, 6.45) is 4.53. The van der Waals surface area contributed by atoms with Crippen molar-refractivity contribution in [3.8, 4) is 0 Å². The molecule has 2 heterocycles. The molecule has 3 N–H and O–H groups in total. The van der Waals surface area contributed by atoms with Crippen molar-refractivity contribution in [1.29, 1.82) is 0 Å². The number of amides is 1. The van der Waals surface area contributed by atoms with Gasteiger partial charge in [0.25, 0.3) is 5.91 Å². The number of carbonyl (C=O) groups is 2. The van der Waals surface area contributed by atoms with Crippen LogP contribution in [0.1, 0.15) is 15.4 Å². The Morgan fingerprint density at radius 3 is 2.83 bits per heavy atom. The molecule has 8 heteroatoms. The van der Waals surface area contributed by atoms with E-state index in [4.69, 9.17) is 5.11 Å². The van der Waals surface area contributed by atoms with Gasteiger partial charge < -0.3 is 15.4 Å². The van der Waals surface area contributed by atoms with E-state index in [-0.39, 0.29) is 6.42 Å². The Hall–Kier alpha value is -2.22. The van der Waals surface area contributed by atoms with E-state index in [1.807, 2.05) is 0 Å². The minimum atomic E-state index is -1.09. The van der Waals surface area contributed by atoms with Gasteiger partial charge in [-0.2, -0.15) is 0 Å². The summed E-state index contributed by atoms with van der Waals surface area (Å²) in [5, 5.41) is 11.5. The number of rotatable bonds is 5. The molecule has 1 amide bonds. The second kappa shape index (κ2) is 5.41. The Morgan fingerprint density at radius 2 is 2.28 bits per heavy atom. The minimum absolute atomic E-state index is 0.153. The van der Waals surface area contributed by atoms with Crippen molar-refractivity contribution in [2.75, 3.05) is 0 Å². The number of aromatic amines is 1. The zero-order chi connectivity index (χ0) is 13.0. The van der Waals surface area contributed by atoms with Crippen LogP contribution in [-0.2, 0) is 11.2 Å². The number of carboxylic acid groups (broad SMARTS) is 1. The average Bonchev–Trinajstić information content (AvgIpc) is 3.00. The molecule has 94 valence electrons. The van der Waals surface area contributed by atoms with Crippen molar-refractivity contribution >= 4 is 23.2 Å². The van der Waals surface area contributed by atoms with Gasteiger partial charge in [0.05, 0.1) is 18.0 Å². The Kier molecular flexibility index (Phi) is 3.68. The summed E-state index contributed by atoms with van der Waals surface area (Å²) in [7, 11) is 0. The normalized spacial score (nSPS) is 12.0. The second-order valence-electron chi connectivity index (χ2n) is 3.51.